The van der Waals surface area contributed by atoms with Gasteiger partial charge in [0.05, 0.1) is 17.2 Å². The summed E-state index contributed by atoms with van der Waals surface area (Å²) in [7, 11) is 0. The molecule has 3 N–H and O–H groups in total. The minimum absolute atomic E-state index is 0.0615. The molecule has 0 unspecified atom stereocenters. The van der Waals surface area contributed by atoms with Crippen LogP contribution in [0.5, 0.6) is 0 Å². The highest BCUT2D eigenvalue weighted by atomic mass is 16.5. The van der Waals surface area contributed by atoms with Gasteiger partial charge >= 0.3 is 11.9 Å². The first-order valence-electron chi connectivity index (χ1n) is 12.2. The summed E-state index contributed by atoms with van der Waals surface area (Å²) in [6.45, 7) is 0.123. The van der Waals surface area contributed by atoms with E-state index in [1.165, 1.54) is 18.2 Å². The Morgan fingerprint density at radius 1 is 0.632 bits per heavy atom. The van der Waals surface area contributed by atoms with Gasteiger partial charge in [-0.1, -0.05) is 91.0 Å². The predicted octanol–water partition coefficient (Wildman–Crippen LogP) is 4.91. The van der Waals surface area contributed by atoms with Crippen LogP contribution in [0.15, 0.2) is 109 Å². The average molecular weight is 509 g/mol. The summed E-state index contributed by atoms with van der Waals surface area (Å²) in [5.74, 6) is -1.74. The summed E-state index contributed by atoms with van der Waals surface area (Å²) >= 11 is 0. The van der Waals surface area contributed by atoms with E-state index in [1.807, 2.05) is 91.0 Å². The standard InChI is InChI=1S/C31H28N2O5/c32-28(16-22-10-4-1-5-11-22)29(34)33-27-18-25(30(35)37-20-23-12-6-2-7-13-23)17-26(19-27)31(36)38-21-24-14-8-3-9-15-24/h1-15,17-19,28H,16,20-21,32H2,(H,33,34)/t28-/m0/s1. The van der Waals surface area contributed by atoms with Gasteiger partial charge in [-0.15, -0.1) is 0 Å². The van der Waals surface area contributed by atoms with Crippen LogP contribution in [0, 0.1) is 0 Å². The zero-order valence-corrected chi connectivity index (χ0v) is 20.7. The maximum Gasteiger partial charge on any atom is 0.338 e. The van der Waals surface area contributed by atoms with E-state index in [0.717, 1.165) is 16.7 Å². The molecule has 0 spiro atoms. The number of anilines is 1. The van der Waals surface area contributed by atoms with Crippen LogP contribution in [0.25, 0.3) is 0 Å². The van der Waals surface area contributed by atoms with Crippen molar-refractivity contribution >= 4 is 23.5 Å². The summed E-state index contributed by atoms with van der Waals surface area (Å²) in [6, 6.07) is 31.3. The van der Waals surface area contributed by atoms with Crippen molar-refractivity contribution in [2.45, 2.75) is 25.7 Å². The Bertz CT molecular complexity index is 1300. The topological polar surface area (TPSA) is 108 Å². The van der Waals surface area contributed by atoms with Gasteiger partial charge in [-0.05, 0) is 41.3 Å². The van der Waals surface area contributed by atoms with Gasteiger partial charge in [0.1, 0.15) is 13.2 Å². The smallest absolute Gasteiger partial charge is 0.338 e. The van der Waals surface area contributed by atoms with Crippen LogP contribution in [0.3, 0.4) is 0 Å². The van der Waals surface area contributed by atoms with Gasteiger partial charge in [0, 0.05) is 5.69 Å². The van der Waals surface area contributed by atoms with Crippen molar-refractivity contribution in [1.29, 1.82) is 0 Å². The van der Waals surface area contributed by atoms with Crippen LogP contribution < -0.4 is 11.1 Å². The fourth-order valence-corrected chi connectivity index (χ4v) is 3.74. The molecule has 0 aliphatic carbocycles. The van der Waals surface area contributed by atoms with Gasteiger partial charge in [-0.25, -0.2) is 9.59 Å². The van der Waals surface area contributed by atoms with E-state index in [-0.39, 0.29) is 30.0 Å². The number of carbonyl (C=O) groups excluding carboxylic acids is 3. The highest BCUT2D eigenvalue weighted by molar-refractivity contribution is 6.00. The number of rotatable bonds is 10. The van der Waals surface area contributed by atoms with Gasteiger partial charge in [-0.3, -0.25) is 4.79 Å². The number of amides is 1. The molecule has 0 aliphatic heterocycles. The summed E-state index contributed by atoms with van der Waals surface area (Å²) in [4.78, 5) is 38.6. The van der Waals surface area contributed by atoms with Gasteiger partial charge in [-0.2, -0.15) is 0 Å². The van der Waals surface area contributed by atoms with Crippen molar-refractivity contribution in [2.24, 2.45) is 5.73 Å². The van der Waals surface area contributed by atoms with Crippen molar-refractivity contribution in [3.63, 3.8) is 0 Å². The molecule has 1 atom stereocenters. The Kier molecular flexibility index (Phi) is 8.99. The number of nitrogens with two attached hydrogens (primary N) is 1. The lowest BCUT2D eigenvalue weighted by Gasteiger charge is -2.14. The number of esters is 2. The fraction of sp³-hybridized carbons (Fsp3) is 0.129. The summed E-state index contributed by atoms with van der Waals surface area (Å²) < 4.78 is 10.9. The lowest BCUT2D eigenvalue weighted by Crippen LogP contribution is -2.37. The predicted molar refractivity (Wildman–Crippen MR) is 144 cm³/mol. The second-order valence-electron chi connectivity index (χ2n) is 8.71. The third kappa shape index (κ3) is 7.62. The molecule has 0 aromatic heterocycles. The zero-order chi connectivity index (χ0) is 26.7. The van der Waals surface area contributed by atoms with Crippen LogP contribution in [0.1, 0.15) is 37.4 Å². The Morgan fingerprint density at radius 2 is 1.05 bits per heavy atom. The van der Waals surface area contributed by atoms with Crippen molar-refractivity contribution in [3.05, 3.63) is 137 Å². The first kappa shape index (κ1) is 26.3. The van der Waals surface area contributed by atoms with Crippen molar-refractivity contribution < 1.29 is 23.9 Å². The molecule has 7 heteroatoms. The lowest BCUT2D eigenvalue weighted by atomic mass is 10.1. The first-order valence-corrected chi connectivity index (χ1v) is 12.2. The number of hydrogen-bond acceptors (Lipinski definition) is 6. The van der Waals surface area contributed by atoms with E-state index in [0.29, 0.717) is 6.42 Å². The SMILES string of the molecule is N[C@@H](Cc1ccccc1)C(=O)Nc1cc(C(=O)OCc2ccccc2)cc(C(=O)OCc2ccccc2)c1. The maximum absolute atomic E-state index is 12.9. The Balaban J connectivity index is 1.51. The average Bonchev–Trinajstić information content (AvgIpc) is 2.96. The monoisotopic (exact) mass is 508 g/mol. The van der Waals surface area contributed by atoms with E-state index in [4.69, 9.17) is 15.2 Å². The highest BCUT2D eigenvalue weighted by Crippen LogP contribution is 2.19. The molecule has 0 saturated heterocycles. The largest absolute Gasteiger partial charge is 0.457 e. The van der Waals surface area contributed by atoms with Crippen LogP contribution >= 0.6 is 0 Å². The van der Waals surface area contributed by atoms with E-state index >= 15 is 0 Å². The highest BCUT2D eigenvalue weighted by Gasteiger charge is 2.19. The molecule has 4 rings (SSSR count). The molecule has 4 aromatic rings. The molecule has 192 valence electrons. The summed E-state index contributed by atoms with van der Waals surface area (Å²) in [5.41, 5.74) is 9.11. The molecule has 0 heterocycles. The number of carbonyl (C=O) groups is 3. The number of hydrogen-bond donors (Lipinski definition) is 2. The van der Waals surface area contributed by atoms with Gasteiger partial charge < -0.3 is 20.5 Å². The quantitative estimate of drug-likeness (QED) is 0.295. The van der Waals surface area contributed by atoms with Crippen molar-refractivity contribution in [3.8, 4) is 0 Å². The molecular weight excluding hydrogens is 480 g/mol. The molecule has 0 saturated carbocycles. The van der Waals surface area contributed by atoms with Crippen LogP contribution in [0.2, 0.25) is 0 Å². The zero-order valence-electron chi connectivity index (χ0n) is 20.7. The number of benzene rings is 4. The molecule has 0 fully saturated rings. The van der Waals surface area contributed by atoms with Crippen LogP contribution in [-0.2, 0) is 33.9 Å². The van der Waals surface area contributed by atoms with Gasteiger partial charge in [0.25, 0.3) is 0 Å². The fourth-order valence-electron chi connectivity index (χ4n) is 3.74. The molecule has 38 heavy (non-hydrogen) atoms. The summed E-state index contributed by atoms with van der Waals surface area (Å²) in [5, 5.41) is 2.72. The van der Waals surface area contributed by atoms with Crippen molar-refractivity contribution in [1.82, 2.24) is 0 Å². The first-order chi connectivity index (χ1) is 18.5. The molecule has 0 aliphatic rings. The number of ether oxygens (including phenoxy) is 2. The van der Waals surface area contributed by atoms with E-state index < -0.39 is 23.9 Å². The van der Waals surface area contributed by atoms with E-state index in [2.05, 4.69) is 5.32 Å². The summed E-state index contributed by atoms with van der Waals surface area (Å²) in [6.07, 6.45) is 0.331. The van der Waals surface area contributed by atoms with Crippen LogP contribution in [-0.4, -0.2) is 23.9 Å². The Morgan fingerprint density at radius 3 is 1.50 bits per heavy atom. The minimum Gasteiger partial charge on any atom is -0.457 e. The molecule has 0 bridgehead atoms. The normalized spacial score (nSPS) is 11.3. The third-order valence-corrected chi connectivity index (χ3v) is 5.73. The maximum atomic E-state index is 12.9. The van der Waals surface area contributed by atoms with Crippen LogP contribution in [0.4, 0.5) is 5.69 Å². The van der Waals surface area contributed by atoms with E-state index in [1.54, 1.807) is 0 Å². The lowest BCUT2D eigenvalue weighted by molar-refractivity contribution is -0.117. The Labute approximate surface area is 221 Å². The van der Waals surface area contributed by atoms with E-state index in [9.17, 15) is 14.4 Å². The van der Waals surface area contributed by atoms with Gasteiger partial charge in [0.2, 0.25) is 5.91 Å². The molecule has 4 aromatic carbocycles. The number of nitrogens with one attached hydrogen (secondary N) is 1. The third-order valence-electron chi connectivity index (χ3n) is 5.73. The second-order valence-corrected chi connectivity index (χ2v) is 8.71. The van der Waals surface area contributed by atoms with Crippen molar-refractivity contribution in [2.75, 3.05) is 5.32 Å². The molecule has 1 amide bonds. The minimum atomic E-state index is -0.834. The molecular formula is C31H28N2O5. The van der Waals surface area contributed by atoms with Gasteiger partial charge in [0.15, 0.2) is 0 Å². The molecule has 7 nitrogen and oxygen atoms in total. The molecule has 0 radical (unpaired) electrons. The second kappa shape index (κ2) is 13.0. The Hall–Kier alpha value is -4.75.